The van der Waals surface area contributed by atoms with E-state index in [-0.39, 0.29) is 17.0 Å². The first kappa shape index (κ1) is 13.0. The van der Waals surface area contributed by atoms with Crippen molar-refractivity contribution in [3.63, 3.8) is 0 Å². The molecule has 7 heteroatoms. The van der Waals surface area contributed by atoms with Crippen LogP contribution in [0, 0.1) is 0 Å². The van der Waals surface area contributed by atoms with Gasteiger partial charge in [0.1, 0.15) is 12.0 Å². The Morgan fingerprint density at radius 3 is 2.47 bits per heavy atom. The first-order valence-electron chi connectivity index (χ1n) is 5.18. The molecule has 0 saturated heterocycles. The molecule has 1 aromatic carbocycles. The summed E-state index contributed by atoms with van der Waals surface area (Å²) in [7, 11) is 0. The van der Waals surface area contributed by atoms with E-state index in [1.807, 2.05) is 0 Å². The minimum absolute atomic E-state index is 0.00303. The van der Waals surface area contributed by atoms with Crippen LogP contribution in [0.15, 0.2) is 36.7 Å². The number of hydrogen-bond donors (Lipinski definition) is 1. The van der Waals surface area contributed by atoms with E-state index in [0.717, 1.165) is 18.5 Å². The summed E-state index contributed by atoms with van der Waals surface area (Å²) in [4.78, 5) is 18.3. The van der Waals surface area contributed by atoms with Gasteiger partial charge in [-0.15, -0.1) is 0 Å². The van der Waals surface area contributed by atoms with Crippen LogP contribution in [0.2, 0.25) is 0 Å². The van der Waals surface area contributed by atoms with Crippen molar-refractivity contribution in [1.29, 1.82) is 0 Å². The van der Waals surface area contributed by atoms with Crippen LogP contribution < -0.4 is 5.73 Å². The Balaban J connectivity index is 2.60. The number of halogens is 3. The molecule has 98 valence electrons. The number of nitrogens with two attached hydrogens (primary N) is 1. The maximum atomic E-state index is 12.9. The van der Waals surface area contributed by atoms with Crippen molar-refractivity contribution < 1.29 is 18.0 Å². The van der Waals surface area contributed by atoms with Gasteiger partial charge in [-0.2, -0.15) is 13.2 Å². The van der Waals surface area contributed by atoms with Crippen LogP contribution in [0.25, 0.3) is 11.3 Å². The zero-order valence-corrected chi connectivity index (χ0v) is 9.48. The number of carbonyl (C=O) groups is 1. The Bertz CT molecular complexity index is 626. The van der Waals surface area contributed by atoms with Crippen molar-refractivity contribution in [3.05, 3.63) is 47.9 Å². The zero-order valence-electron chi connectivity index (χ0n) is 9.48. The summed E-state index contributed by atoms with van der Waals surface area (Å²) in [5.41, 5.74) is 3.94. The Kier molecular flexibility index (Phi) is 3.20. The van der Waals surface area contributed by atoms with Gasteiger partial charge >= 0.3 is 6.18 Å². The molecule has 0 bridgehead atoms. The summed E-state index contributed by atoms with van der Waals surface area (Å²) >= 11 is 0. The number of aromatic nitrogens is 2. The molecule has 0 saturated carbocycles. The van der Waals surface area contributed by atoms with Gasteiger partial charge in [0, 0.05) is 5.56 Å². The number of carbonyl (C=O) groups excluding carboxylic acids is 1. The van der Waals surface area contributed by atoms with Crippen LogP contribution in [-0.4, -0.2) is 15.9 Å². The second kappa shape index (κ2) is 4.68. The molecule has 1 amide bonds. The molecule has 4 nitrogen and oxygen atoms in total. The number of benzene rings is 1. The average Bonchev–Trinajstić information content (AvgIpc) is 2.38. The molecule has 0 aliphatic heterocycles. The van der Waals surface area contributed by atoms with E-state index >= 15 is 0 Å². The van der Waals surface area contributed by atoms with E-state index in [9.17, 15) is 18.0 Å². The van der Waals surface area contributed by atoms with E-state index in [1.54, 1.807) is 0 Å². The molecule has 0 aliphatic carbocycles. The third-order valence-corrected chi connectivity index (χ3v) is 2.43. The lowest BCUT2D eigenvalue weighted by Crippen LogP contribution is -2.14. The lowest BCUT2D eigenvalue weighted by molar-refractivity contribution is -0.137. The normalized spacial score (nSPS) is 11.3. The van der Waals surface area contributed by atoms with Gasteiger partial charge in [-0.1, -0.05) is 18.2 Å². The van der Waals surface area contributed by atoms with E-state index in [2.05, 4.69) is 9.97 Å². The van der Waals surface area contributed by atoms with Gasteiger partial charge in [0.05, 0.1) is 11.3 Å². The fourth-order valence-corrected chi connectivity index (χ4v) is 1.59. The maximum Gasteiger partial charge on any atom is 0.417 e. The van der Waals surface area contributed by atoms with Crippen molar-refractivity contribution in [2.45, 2.75) is 6.18 Å². The number of alkyl halides is 3. The standard InChI is InChI=1S/C12H8F3N3O/c13-12(14,15)8-4-2-1-3-7(8)9-5-10(11(16)19)18-6-17-9/h1-6H,(H2,16,19). The SMILES string of the molecule is NC(=O)c1cc(-c2ccccc2C(F)(F)F)ncn1. The highest BCUT2D eigenvalue weighted by Gasteiger charge is 2.33. The molecular formula is C12H8F3N3O. The lowest BCUT2D eigenvalue weighted by Gasteiger charge is -2.12. The molecule has 0 unspecified atom stereocenters. The minimum Gasteiger partial charge on any atom is -0.364 e. The van der Waals surface area contributed by atoms with E-state index in [0.29, 0.717) is 0 Å². The van der Waals surface area contributed by atoms with Gasteiger partial charge in [0.15, 0.2) is 0 Å². The Hall–Kier alpha value is -2.44. The average molecular weight is 267 g/mol. The number of amides is 1. The topological polar surface area (TPSA) is 68.9 Å². The van der Waals surface area contributed by atoms with E-state index < -0.39 is 17.6 Å². The Morgan fingerprint density at radius 1 is 1.16 bits per heavy atom. The largest absolute Gasteiger partial charge is 0.417 e. The number of rotatable bonds is 2. The molecule has 0 fully saturated rings. The summed E-state index contributed by atoms with van der Waals surface area (Å²) < 4.78 is 38.6. The van der Waals surface area contributed by atoms with Crippen LogP contribution in [0.5, 0.6) is 0 Å². The van der Waals surface area contributed by atoms with Crippen LogP contribution in [0.4, 0.5) is 13.2 Å². The predicted octanol–water partition coefficient (Wildman–Crippen LogP) is 2.26. The molecule has 2 N–H and O–H groups in total. The number of hydrogen-bond acceptors (Lipinski definition) is 3. The highest BCUT2D eigenvalue weighted by molar-refractivity contribution is 5.91. The monoisotopic (exact) mass is 267 g/mol. The third-order valence-electron chi connectivity index (χ3n) is 2.43. The van der Waals surface area contributed by atoms with Crippen LogP contribution in [0.3, 0.4) is 0 Å². The van der Waals surface area contributed by atoms with Gasteiger partial charge < -0.3 is 5.73 Å². The number of primary amides is 1. The second-order valence-electron chi connectivity index (χ2n) is 3.70. The fourth-order valence-electron chi connectivity index (χ4n) is 1.59. The summed E-state index contributed by atoms with van der Waals surface area (Å²) in [6.07, 6.45) is -3.50. The molecule has 0 aliphatic rings. The summed E-state index contributed by atoms with van der Waals surface area (Å²) in [6.45, 7) is 0. The molecule has 2 rings (SSSR count). The molecule has 0 radical (unpaired) electrons. The van der Waals surface area contributed by atoms with Crippen LogP contribution in [-0.2, 0) is 6.18 Å². The number of nitrogens with zero attached hydrogens (tertiary/aromatic N) is 2. The fraction of sp³-hybridized carbons (Fsp3) is 0.0833. The van der Waals surface area contributed by atoms with Crippen LogP contribution in [0.1, 0.15) is 16.1 Å². The first-order valence-corrected chi connectivity index (χ1v) is 5.18. The zero-order chi connectivity index (χ0) is 14.0. The Morgan fingerprint density at radius 2 is 1.84 bits per heavy atom. The molecule has 0 spiro atoms. The molecule has 1 aromatic heterocycles. The van der Waals surface area contributed by atoms with Crippen molar-refractivity contribution >= 4 is 5.91 Å². The Labute approximate surface area is 106 Å². The minimum atomic E-state index is -4.51. The quantitative estimate of drug-likeness (QED) is 0.907. The second-order valence-corrected chi connectivity index (χ2v) is 3.70. The summed E-state index contributed by atoms with van der Waals surface area (Å²) in [5, 5.41) is 0. The van der Waals surface area contributed by atoms with Gasteiger partial charge in [0.2, 0.25) is 0 Å². The van der Waals surface area contributed by atoms with Crippen molar-refractivity contribution in [3.8, 4) is 11.3 Å². The predicted molar refractivity (Wildman–Crippen MR) is 61.0 cm³/mol. The van der Waals surface area contributed by atoms with Gasteiger partial charge in [-0.3, -0.25) is 4.79 Å². The van der Waals surface area contributed by atoms with Crippen LogP contribution >= 0.6 is 0 Å². The molecule has 1 heterocycles. The first-order chi connectivity index (χ1) is 8.89. The van der Waals surface area contributed by atoms with E-state index in [1.165, 1.54) is 18.2 Å². The third kappa shape index (κ3) is 2.70. The highest BCUT2D eigenvalue weighted by atomic mass is 19.4. The van der Waals surface area contributed by atoms with Crippen molar-refractivity contribution in [2.75, 3.05) is 0 Å². The molecule has 19 heavy (non-hydrogen) atoms. The van der Waals surface area contributed by atoms with Gasteiger partial charge in [0.25, 0.3) is 5.91 Å². The molecule has 2 aromatic rings. The van der Waals surface area contributed by atoms with Gasteiger partial charge in [-0.25, -0.2) is 9.97 Å². The van der Waals surface area contributed by atoms with Crippen molar-refractivity contribution in [2.24, 2.45) is 5.73 Å². The van der Waals surface area contributed by atoms with Crippen molar-refractivity contribution in [1.82, 2.24) is 9.97 Å². The summed E-state index contributed by atoms with van der Waals surface area (Å²) in [6, 6.07) is 6.09. The lowest BCUT2D eigenvalue weighted by atomic mass is 10.0. The van der Waals surface area contributed by atoms with Gasteiger partial charge in [-0.05, 0) is 12.1 Å². The summed E-state index contributed by atoms with van der Waals surface area (Å²) in [5.74, 6) is -0.826. The molecule has 0 atom stereocenters. The molecular weight excluding hydrogens is 259 g/mol. The smallest absolute Gasteiger partial charge is 0.364 e. The highest BCUT2D eigenvalue weighted by Crippen LogP contribution is 2.36. The maximum absolute atomic E-state index is 12.9. The van der Waals surface area contributed by atoms with E-state index in [4.69, 9.17) is 5.73 Å².